The fraction of sp³-hybridized carbons (Fsp3) is 0.375. The summed E-state index contributed by atoms with van der Waals surface area (Å²) in [7, 11) is -3.36. The van der Waals surface area contributed by atoms with Gasteiger partial charge >= 0.3 is 0 Å². The summed E-state index contributed by atoms with van der Waals surface area (Å²) in [6.45, 7) is 0.00429. The molecule has 2 aliphatic rings. The summed E-state index contributed by atoms with van der Waals surface area (Å²) in [5, 5.41) is 3.74. The molecule has 2 heterocycles. The van der Waals surface area contributed by atoms with E-state index in [9.17, 15) is 13.2 Å². The van der Waals surface area contributed by atoms with Gasteiger partial charge in [0.2, 0.25) is 6.79 Å². The Hall–Kier alpha value is -2.35. The smallest absolute Gasteiger partial charge is 0.231 e. The van der Waals surface area contributed by atoms with Gasteiger partial charge in [-0.05, 0) is 25.0 Å². The van der Waals surface area contributed by atoms with Crippen molar-refractivity contribution in [3.8, 4) is 11.5 Å². The Bertz CT molecular complexity index is 926. The first kappa shape index (κ1) is 15.2. The molecular weight excluding hydrogens is 334 g/mol. The molecule has 0 unspecified atom stereocenters. The molecule has 0 N–H and O–H groups in total. The van der Waals surface area contributed by atoms with Crippen molar-refractivity contribution in [3.63, 3.8) is 0 Å². The van der Waals surface area contributed by atoms with E-state index < -0.39 is 9.84 Å². The number of ether oxygens (including phenoxy) is 2. The molecule has 0 amide bonds. The van der Waals surface area contributed by atoms with Crippen LogP contribution in [0.1, 0.15) is 46.0 Å². The number of benzene rings is 1. The molecule has 1 aromatic carbocycles. The van der Waals surface area contributed by atoms with Crippen LogP contribution in [0, 0.1) is 0 Å². The normalized spacial score (nSPS) is 16.4. The number of aromatic nitrogens is 1. The van der Waals surface area contributed by atoms with Gasteiger partial charge in [0.25, 0.3) is 0 Å². The lowest BCUT2D eigenvalue weighted by atomic mass is 9.97. The van der Waals surface area contributed by atoms with Gasteiger partial charge in [0.1, 0.15) is 0 Å². The van der Waals surface area contributed by atoms with E-state index in [0.717, 1.165) is 19.1 Å². The van der Waals surface area contributed by atoms with E-state index >= 15 is 0 Å². The van der Waals surface area contributed by atoms with Gasteiger partial charge in [0.15, 0.2) is 32.9 Å². The predicted octanol–water partition coefficient (Wildman–Crippen LogP) is 2.06. The number of rotatable bonds is 5. The lowest BCUT2D eigenvalue weighted by molar-refractivity contribution is 0.103. The van der Waals surface area contributed by atoms with Crippen molar-refractivity contribution in [2.45, 2.75) is 24.5 Å². The number of sulfone groups is 1. The Morgan fingerprint density at radius 2 is 2.04 bits per heavy atom. The van der Waals surface area contributed by atoms with Crippen LogP contribution in [-0.4, -0.2) is 32.4 Å². The van der Waals surface area contributed by atoms with Crippen molar-refractivity contribution in [1.82, 2.24) is 5.16 Å². The summed E-state index contributed by atoms with van der Waals surface area (Å²) in [5.74, 6) is 0.940. The highest BCUT2D eigenvalue weighted by Crippen LogP contribution is 2.43. The minimum atomic E-state index is -3.36. The first-order valence-corrected chi connectivity index (χ1v) is 9.58. The van der Waals surface area contributed by atoms with Gasteiger partial charge in [-0.1, -0.05) is 5.16 Å². The first-order chi connectivity index (χ1) is 11.4. The Labute approximate surface area is 138 Å². The highest BCUT2D eigenvalue weighted by molar-refractivity contribution is 7.89. The molecule has 1 fully saturated rings. The fourth-order valence-electron chi connectivity index (χ4n) is 2.85. The molecule has 4 rings (SSSR count). The Balaban J connectivity index is 1.82. The van der Waals surface area contributed by atoms with Gasteiger partial charge in [0.05, 0.1) is 17.5 Å². The number of hydrogen-bond acceptors (Lipinski definition) is 7. The zero-order valence-electron chi connectivity index (χ0n) is 12.9. The zero-order chi connectivity index (χ0) is 16.9. The summed E-state index contributed by atoms with van der Waals surface area (Å²) < 4.78 is 39.5. The Morgan fingerprint density at radius 3 is 2.75 bits per heavy atom. The van der Waals surface area contributed by atoms with Crippen molar-refractivity contribution in [1.29, 1.82) is 0 Å². The van der Waals surface area contributed by atoms with Crippen molar-refractivity contribution in [2.75, 3.05) is 13.0 Å². The summed E-state index contributed by atoms with van der Waals surface area (Å²) in [6.07, 6.45) is 4.44. The zero-order valence-corrected chi connectivity index (χ0v) is 13.8. The van der Waals surface area contributed by atoms with E-state index in [2.05, 4.69) is 5.16 Å². The van der Waals surface area contributed by atoms with E-state index in [0.29, 0.717) is 28.4 Å². The molecule has 0 bridgehead atoms. The highest BCUT2D eigenvalue weighted by atomic mass is 32.2. The molecule has 0 atom stereocenters. The molecule has 1 aromatic heterocycles. The summed E-state index contributed by atoms with van der Waals surface area (Å²) in [4.78, 5) is 13.0. The van der Waals surface area contributed by atoms with Crippen molar-refractivity contribution >= 4 is 15.6 Å². The lowest BCUT2D eigenvalue weighted by Gasteiger charge is -2.11. The van der Waals surface area contributed by atoms with Gasteiger partial charge in [-0.15, -0.1) is 0 Å². The number of ketones is 1. The third-order valence-corrected chi connectivity index (χ3v) is 4.90. The molecule has 2 aromatic rings. The van der Waals surface area contributed by atoms with E-state index in [1.165, 1.54) is 6.20 Å². The van der Waals surface area contributed by atoms with E-state index in [-0.39, 0.29) is 29.8 Å². The van der Waals surface area contributed by atoms with Gasteiger partial charge < -0.3 is 14.0 Å². The lowest BCUT2D eigenvalue weighted by Crippen LogP contribution is -2.11. The van der Waals surface area contributed by atoms with E-state index in [4.69, 9.17) is 14.0 Å². The number of carbonyl (C=O) groups excluding carboxylic acids is 1. The third-order valence-electron chi connectivity index (χ3n) is 4.08. The second kappa shape index (κ2) is 5.34. The molecule has 0 saturated heterocycles. The first-order valence-electron chi connectivity index (χ1n) is 7.52. The second-order valence-corrected chi connectivity index (χ2v) is 8.24. The van der Waals surface area contributed by atoms with Crippen LogP contribution in [-0.2, 0) is 15.6 Å². The molecule has 0 spiro atoms. The summed E-state index contributed by atoms with van der Waals surface area (Å²) in [6, 6.07) is 3.19. The van der Waals surface area contributed by atoms with Crippen LogP contribution in [0.3, 0.4) is 0 Å². The average Bonchev–Trinajstić information content (AvgIpc) is 3.06. The van der Waals surface area contributed by atoms with Crippen LogP contribution in [0.4, 0.5) is 0 Å². The van der Waals surface area contributed by atoms with Crippen LogP contribution in [0.25, 0.3) is 0 Å². The maximum atomic E-state index is 13.0. The van der Waals surface area contributed by atoms with Crippen LogP contribution in [0.2, 0.25) is 0 Å². The predicted molar refractivity (Wildman–Crippen MR) is 83.0 cm³/mol. The molecule has 24 heavy (non-hydrogen) atoms. The molecule has 0 radical (unpaired) electrons. The maximum Gasteiger partial charge on any atom is 0.231 e. The van der Waals surface area contributed by atoms with Crippen molar-refractivity contribution in [3.05, 3.63) is 40.8 Å². The minimum absolute atomic E-state index is 0.00429. The van der Waals surface area contributed by atoms with Gasteiger partial charge in [-0.2, -0.15) is 0 Å². The molecule has 8 heteroatoms. The summed E-state index contributed by atoms with van der Waals surface area (Å²) >= 11 is 0. The maximum absolute atomic E-state index is 13.0. The topological polar surface area (TPSA) is 95.7 Å². The Morgan fingerprint density at radius 1 is 1.25 bits per heavy atom. The number of carbonyl (C=O) groups is 1. The average molecular weight is 349 g/mol. The van der Waals surface area contributed by atoms with E-state index in [1.54, 1.807) is 12.1 Å². The van der Waals surface area contributed by atoms with Gasteiger partial charge in [-0.3, -0.25) is 4.79 Å². The van der Waals surface area contributed by atoms with Gasteiger partial charge in [-0.25, -0.2) is 8.42 Å². The SMILES string of the molecule is CS(=O)(=O)Cc1c(C(=O)c2cnoc2C2CC2)ccc2c1OCO2. The molecular formula is C16H15NO6S. The van der Waals surface area contributed by atoms with Crippen molar-refractivity contribution < 1.29 is 27.2 Å². The quantitative estimate of drug-likeness (QED) is 0.762. The highest BCUT2D eigenvalue weighted by Gasteiger charge is 2.34. The number of fused-ring (bicyclic) bond motifs is 1. The standard InChI is InChI=1S/C16H15NO6S/c1-24(19,20)7-12-10(4-5-13-16(12)22-8-21-13)14(18)11-6-17-23-15(11)9-2-3-9/h4-6,9H,2-3,7-8H2,1H3. The van der Waals surface area contributed by atoms with Crippen LogP contribution >= 0.6 is 0 Å². The van der Waals surface area contributed by atoms with Crippen LogP contribution in [0.5, 0.6) is 11.5 Å². The minimum Gasteiger partial charge on any atom is -0.454 e. The van der Waals surface area contributed by atoms with Crippen LogP contribution in [0.15, 0.2) is 22.9 Å². The van der Waals surface area contributed by atoms with Crippen molar-refractivity contribution in [2.24, 2.45) is 0 Å². The molecule has 1 aliphatic carbocycles. The Kier molecular flexibility index (Phi) is 3.38. The number of nitrogens with zero attached hydrogens (tertiary/aromatic N) is 1. The van der Waals surface area contributed by atoms with Crippen LogP contribution < -0.4 is 9.47 Å². The van der Waals surface area contributed by atoms with Gasteiger partial charge in [0, 0.05) is 23.3 Å². The molecule has 126 valence electrons. The molecule has 1 aliphatic heterocycles. The second-order valence-electron chi connectivity index (χ2n) is 6.10. The largest absolute Gasteiger partial charge is 0.454 e. The number of hydrogen-bond donors (Lipinski definition) is 0. The fourth-order valence-corrected chi connectivity index (χ4v) is 3.66. The molecule has 7 nitrogen and oxygen atoms in total. The van der Waals surface area contributed by atoms with E-state index in [1.807, 2.05) is 0 Å². The third kappa shape index (κ3) is 2.66. The molecule has 1 saturated carbocycles. The summed E-state index contributed by atoms with van der Waals surface area (Å²) in [5.41, 5.74) is 0.973. The monoisotopic (exact) mass is 349 g/mol.